The van der Waals surface area contributed by atoms with Crippen LogP contribution in [0, 0.1) is 0 Å². The lowest BCUT2D eigenvalue weighted by Crippen LogP contribution is -2.55. The van der Waals surface area contributed by atoms with Crippen molar-refractivity contribution in [1.29, 1.82) is 0 Å². The van der Waals surface area contributed by atoms with Crippen LogP contribution in [-0.2, 0) is 11.3 Å². The molecule has 1 aromatic rings. The fourth-order valence-corrected chi connectivity index (χ4v) is 2.28. The molecular formula is C16H26N2O3. The van der Waals surface area contributed by atoms with Gasteiger partial charge in [0.2, 0.25) is 5.91 Å². The van der Waals surface area contributed by atoms with Crippen LogP contribution in [0.4, 0.5) is 0 Å². The van der Waals surface area contributed by atoms with Crippen LogP contribution in [0.3, 0.4) is 0 Å². The second-order valence-corrected chi connectivity index (χ2v) is 5.13. The molecule has 3 N–H and O–H groups in total. The van der Waals surface area contributed by atoms with Crippen molar-refractivity contribution in [1.82, 2.24) is 4.90 Å². The number of aliphatic hydroxyl groups excluding tert-OH is 1. The molecule has 1 aromatic carbocycles. The zero-order valence-corrected chi connectivity index (χ0v) is 13.1. The van der Waals surface area contributed by atoms with E-state index < -0.39 is 5.54 Å². The molecule has 0 saturated heterocycles. The minimum Gasteiger partial charge on any atom is -0.496 e. The van der Waals surface area contributed by atoms with Gasteiger partial charge in [-0.05, 0) is 18.9 Å². The summed E-state index contributed by atoms with van der Waals surface area (Å²) in [6.45, 7) is 4.35. The molecule has 5 nitrogen and oxygen atoms in total. The third-order valence-corrected chi connectivity index (χ3v) is 3.90. The Morgan fingerprint density at radius 1 is 1.33 bits per heavy atom. The van der Waals surface area contributed by atoms with Gasteiger partial charge >= 0.3 is 0 Å². The monoisotopic (exact) mass is 294 g/mol. The maximum absolute atomic E-state index is 12.7. The molecule has 0 unspecified atom stereocenters. The molecule has 0 spiro atoms. The molecule has 0 saturated carbocycles. The van der Waals surface area contributed by atoms with E-state index in [-0.39, 0.29) is 19.1 Å². The summed E-state index contributed by atoms with van der Waals surface area (Å²) in [5.41, 5.74) is 6.21. The number of methoxy groups -OCH3 is 1. The van der Waals surface area contributed by atoms with Gasteiger partial charge in [-0.15, -0.1) is 0 Å². The molecule has 0 radical (unpaired) electrons. The normalized spacial score (nSPS) is 11.3. The van der Waals surface area contributed by atoms with Crippen molar-refractivity contribution in [3.05, 3.63) is 29.8 Å². The topological polar surface area (TPSA) is 75.8 Å². The van der Waals surface area contributed by atoms with E-state index >= 15 is 0 Å². The van der Waals surface area contributed by atoms with E-state index in [9.17, 15) is 9.90 Å². The number of nitrogens with two attached hydrogens (primary N) is 1. The largest absolute Gasteiger partial charge is 0.496 e. The van der Waals surface area contributed by atoms with Crippen LogP contribution >= 0.6 is 0 Å². The van der Waals surface area contributed by atoms with E-state index in [4.69, 9.17) is 10.5 Å². The van der Waals surface area contributed by atoms with Gasteiger partial charge in [0.15, 0.2) is 0 Å². The highest BCUT2D eigenvalue weighted by molar-refractivity contribution is 5.86. The predicted octanol–water partition coefficient (Wildman–Crippen LogP) is 1.53. The molecule has 0 aliphatic rings. The van der Waals surface area contributed by atoms with E-state index in [0.717, 1.165) is 11.3 Å². The second kappa shape index (κ2) is 8.00. The molecule has 0 atom stereocenters. The van der Waals surface area contributed by atoms with E-state index in [1.165, 1.54) is 0 Å². The third kappa shape index (κ3) is 4.19. The Balaban J connectivity index is 2.99. The first-order valence-corrected chi connectivity index (χ1v) is 7.33. The van der Waals surface area contributed by atoms with E-state index in [1.54, 1.807) is 12.0 Å². The highest BCUT2D eigenvalue weighted by atomic mass is 16.5. The second-order valence-electron chi connectivity index (χ2n) is 5.13. The van der Waals surface area contributed by atoms with Gasteiger partial charge in [0, 0.05) is 18.7 Å². The molecule has 1 rings (SSSR count). The van der Waals surface area contributed by atoms with Gasteiger partial charge in [0.25, 0.3) is 0 Å². The fourth-order valence-electron chi connectivity index (χ4n) is 2.28. The number of aliphatic hydroxyl groups is 1. The lowest BCUT2D eigenvalue weighted by atomic mass is 9.92. The summed E-state index contributed by atoms with van der Waals surface area (Å²) in [6.07, 6.45) is 1.13. The molecule has 1 amide bonds. The summed E-state index contributed by atoms with van der Waals surface area (Å²) >= 11 is 0. The zero-order chi connectivity index (χ0) is 15.9. The minimum absolute atomic E-state index is 0.0929. The van der Waals surface area contributed by atoms with E-state index in [1.807, 2.05) is 38.1 Å². The van der Waals surface area contributed by atoms with Crippen LogP contribution in [0.1, 0.15) is 32.3 Å². The molecular weight excluding hydrogens is 268 g/mol. The summed E-state index contributed by atoms with van der Waals surface area (Å²) in [7, 11) is 1.60. The maximum Gasteiger partial charge on any atom is 0.243 e. The van der Waals surface area contributed by atoms with Gasteiger partial charge in [-0.2, -0.15) is 0 Å². The molecule has 0 aliphatic heterocycles. The van der Waals surface area contributed by atoms with Crippen molar-refractivity contribution < 1.29 is 14.6 Å². The van der Waals surface area contributed by atoms with Crippen LogP contribution in [0.25, 0.3) is 0 Å². The van der Waals surface area contributed by atoms with Crippen molar-refractivity contribution in [2.75, 3.05) is 20.3 Å². The summed E-state index contributed by atoms with van der Waals surface area (Å²) in [4.78, 5) is 14.3. The average molecular weight is 294 g/mol. The SMILES string of the molecule is CCC(N)(CC)C(=O)N(CCO)Cc1ccccc1OC. The van der Waals surface area contributed by atoms with Crippen molar-refractivity contribution in [2.24, 2.45) is 5.73 Å². The highest BCUT2D eigenvalue weighted by Gasteiger charge is 2.34. The van der Waals surface area contributed by atoms with Crippen molar-refractivity contribution in [3.63, 3.8) is 0 Å². The van der Waals surface area contributed by atoms with Gasteiger partial charge in [0.1, 0.15) is 5.75 Å². The number of carbonyl (C=O) groups is 1. The Labute approximate surface area is 126 Å². The number of benzene rings is 1. The van der Waals surface area contributed by atoms with E-state index in [0.29, 0.717) is 19.4 Å². The predicted molar refractivity (Wildman–Crippen MR) is 83.0 cm³/mol. The minimum atomic E-state index is -0.878. The van der Waals surface area contributed by atoms with Crippen LogP contribution in [0.2, 0.25) is 0 Å². The number of nitrogens with zero attached hydrogens (tertiary/aromatic N) is 1. The van der Waals surface area contributed by atoms with Gasteiger partial charge < -0.3 is 20.5 Å². The first-order valence-electron chi connectivity index (χ1n) is 7.33. The number of hydrogen-bond donors (Lipinski definition) is 2. The van der Waals surface area contributed by atoms with Gasteiger partial charge in [-0.1, -0.05) is 32.0 Å². The molecule has 0 aromatic heterocycles. The molecule has 0 aliphatic carbocycles. The molecule has 21 heavy (non-hydrogen) atoms. The van der Waals surface area contributed by atoms with Crippen LogP contribution in [-0.4, -0.2) is 41.7 Å². The van der Waals surface area contributed by atoms with Gasteiger partial charge in [-0.3, -0.25) is 4.79 Å². The average Bonchev–Trinajstić information content (AvgIpc) is 2.53. The Bertz CT molecular complexity index is 459. The van der Waals surface area contributed by atoms with Crippen LogP contribution in [0.15, 0.2) is 24.3 Å². The number of ether oxygens (including phenoxy) is 1. The summed E-state index contributed by atoms with van der Waals surface area (Å²) in [5, 5.41) is 9.24. The van der Waals surface area contributed by atoms with Gasteiger partial charge in [-0.25, -0.2) is 0 Å². The maximum atomic E-state index is 12.7. The first-order chi connectivity index (χ1) is 10.0. The first kappa shape index (κ1) is 17.5. The Morgan fingerprint density at radius 2 is 1.95 bits per heavy atom. The molecule has 0 fully saturated rings. The third-order valence-electron chi connectivity index (χ3n) is 3.90. The number of para-hydroxylation sites is 1. The quantitative estimate of drug-likeness (QED) is 0.762. The smallest absolute Gasteiger partial charge is 0.243 e. The summed E-state index contributed by atoms with van der Waals surface area (Å²) < 4.78 is 5.31. The molecule has 0 heterocycles. The number of hydrogen-bond acceptors (Lipinski definition) is 4. The number of rotatable bonds is 8. The fraction of sp³-hybridized carbons (Fsp3) is 0.562. The van der Waals surface area contributed by atoms with E-state index in [2.05, 4.69) is 0 Å². The van der Waals surface area contributed by atoms with Crippen molar-refractivity contribution in [3.8, 4) is 5.75 Å². The summed E-state index contributed by atoms with van der Waals surface area (Å²) in [5.74, 6) is 0.594. The lowest BCUT2D eigenvalue weighted by Gasteiger charge is -2.33. The number of carbonyl (C=O) groups excluding carboxylic acids is 1. The van der Waals surface area contributed by atoms with Crippen LogP contribution in [0.5, 0.6) is 5.75 Å². The van der Waals surface area contributed by atoms with Crippen LogP contribution < -0.4 is 10.5 Å². The molecule has 118 valence electrons. The van der Waals surface area contributed by atoms with Crippen molar-refractivity contribution >= 4 is 5.91 Å². The highest BCUT2D eigenvalue weighted by Crippen LogP contribution is 2.22. The Morgan fingerprint density at radius 3 is 2.48 bits per heavy atom. The Hall–Kier alpha value is -1.59. The Kier molecular flexibility index (Phi) is 6.65. The van der Waals surface area contributed by atoms with Crippen molar-refractivity contribution in [2.45, 2.75) is 38.8 Å². The lowest BCUT2D eigenvalue weighted by molar-refractivity contribution is -0.138. The standard InChI is InChI=1S/C16H26N2O3/c1-4-16(17,5-2)15(20)18(10-11-19)12-13-8-6-7-9-14(13)21-3/h6-9,19H,4-5,10-12,17H2,1-3H3. The molecule has 5 heteroatoms. The number of amides is 1. The molecule has 0 bridgehead atoms. The summed E-state index contributed by atoms with van der Waals surface area (Å²) in [6, 6.07) is 7.54. The zero-order valence-electron chi connectivity index (χ0n) is 13.1. The van der Waals surface area contributed by atoms with Gasteiger partial charge in [0.05, 0.1) is 19.3 Å².